The van der Waals surface area contributed by atoms with Gasteiger partial charge >= 0.3 is 5.97 Å². The van der Waals surface area contributed by atoms with E-state index in [1.54, 1.807) is 6.07 Å². The van der Waals surface area contributed by atoms with Crippen LogP contribution in [0.2, 0.25) is 0 Å². The third kappa shape index (κ3) is 4.07. The molecule has 0 N–H and O–H groups in total. The molecule has 170 valence electrons. The summed E-state index contributed by atoms with van der Waals surface area (Å²) in [5.41, 5.74) is 3.74. The minimum Gasteiger partial charge on any atom is -0.490 e. The molecule has 2 aromatic rings. The molecule has 0 unspecified atom stereocenters. The molecule has 0 radical (unpaired) electrons. The Morgan fingerprint density at radius 1 is 1.12 bits per heavy atom. The van der Waals surface area contributed by atoms with Gasteiger partial charge in [-0.05, 0) is 61.1 Å². The molecule has 6 heteroatoms. The first-order valence-electron chi connectivity index (χ1n) is 11.6. The standard InChI is InChI=1S/C26H29F2NO3/c1-3-31-26(30)22-13-21(22)17-4-5-18-14-29(7-6-16(18)10-17)24-12-20(11-23(27)25(24)28)32-19-8-15(2)9-19/h4-5,10-12,15,19,21-22H,3,6-9,13-14H2,1-2H3/t15?,19?,21-,22+/m1/s1. The maximum atomic E-state index is 14.7. The van der Waals surface area contributed by atoms with E-state index in [0.29, 0.717) is 31.4 Å². The number of halogens is 2. The van der Waals surface area contributed by atoms with Crippen molar-refractivity contribution in [2.45, 2.75) is 58.1 Å². The van der Waals surface area contributed by atoms with Crippen LogP contribution in [0.1, 0.15) is 55.7 Å². The molecule has 5 rings (SSSR count). The number of carbonyl (C=O) groups excluding carboxylic acids is 1. The molecule has 3 aliphatic rings. The number of esters is 1. The van der Waals surface area contributed by atoms with Gasteiger partial charge in [0, 0.05) is 25.2 Å². The Morgan fingerprint density at radius 2 is 1.94 bits per heavy atom. The minimum atomic E-state index is -0.871. The second-order valence-electron chi connectivity index (χ2n) is 9.46. The van der Waals surface area contributed by atoms with Crippen molar-refractivity contribution in [1.29, 1.82) is 0 Å². The molecule has 2 atom stereocenters. The summed E-state index contributed by atoms with van der Waals surface area (Å²) >= 11 is 0. The van der Waals surface area contributed by atoms with E-state index < -0.39 is 11.6 Å². The maximum absolute atomic E-state index is 14.7. The highest BCUT2D eigenvalue weighted by atomic mass is 19.2. The van der Waals surface area contributed by atoms with Crippen molar-refractivity contribution >= 4 is 11.7 Å². The summed E-state index contributed by atoms with van der Waals surface area (Å²) < 4.78 is 40.0. The van der Waals surface area contributed by atoms with Gasteiger partial charge in [-0.15, -0.1) is 0 Å². The lowest BCUT2D eigenvalue weighted by atomic mass is 9.84. The van der Waals surface area contributed by atoms with E-state index in [-0.39, 0.29) is 29.6 Å². The van der Waals surface area contributed by atoms with Crippen LogP contribution in [-0.4, -0.2) is 25.2 Å². The van der Waals surface area contributed by atoms with Crippen LogP contribution in [-0.2, 0) is 22.5 Å². The van der Waals surface area contributed by atoms with Crippen LogP contribution in [0.3, 0.4) is 0 Å². The molecular weight excluding hydrogens is 412 g/mol. The zero-order valence-corrected chi connectivity index (χ0v) is 18.6. The highest BCUT2D eigenvalue weighted by molar-refractivity contribution is 5.77. The van der Waals surface area contributed by atoms with Gasteiger partial charge in [0.1, 0.15) is 5.75 Å². The average molecular weight is 442 g/mol. The molecule has 1 aliphatic heterocycles. The molecule has 0 aromatic heterocycles. The molecule has 4 nitrogen and oxygen atoms in total. The first-order valence-corrected chi connectivity index (χ1v) is 11.6. The number of fused-ring (bicyclic) bond motifs is 1. The van der Waals surface area contributed by atoms with E-state index in [2.05, 4.69) is 25.1 Å². The molecular formula is C26H29F2NO3. The molecule has 2 aliphatic carbocycles. The van der Waals surface area contributed by atoms with E-state index in [1.165, 1.54) is 5.56 Å². The molecule has 1 heterocycles. The number of anilines is 1. The predicted octanol–water partition coefficient (Wildman–Crippen LogP) is 5.37. The van der Waals surface area contributed by atoms with E-state index in [9.17, 15) is 13.6 Å². The van der Waals surface area contributed by atoms with Gasteiger partial charge < -0.3 is 14.4 Å². The summed E-state index contributed by atoms with van der Waals surface area (Å²) in [7, 11) is 0. The van der Waals surface area contributed by atoms with Gasteiger partial charge in [-0.25, -0.2) is 8.78 Å². The maximum Gasteiger partial charge on any atom is 0.309 e. The van der Waals surface area contributed by atoms with Crippen LogP contribution >= 0.6 is 0 Å². The lowest BCUT2D eigenvalue weighted by Gasteiger charge is -2.34. The molecule has 0 bridgehead atoms. The molecule has 2 fully saturated rings. The second-order valence-corrected chi connectivity index (χ2v) is 9.46. The van der Waals surface area contributed by atoms with Crippen molar-refractivity contribution < 1.29 is 23.0 Å². The van der Waals surface area contributed by atoms with E-state index in [1.807, 2.05) is 11.8 Å². The van der Waals surface area contributed by atoms with Crippen LogP contribution in [0.15, 0.2) is 30.3 Å². The molecule has 2 saturated carbocycles. The fraction of sp³-hybridized carbons (Fsp3) is 0.500. The number of rotatable bonds is 6. The van der Waals surface area contributed by atoms with Crippen molar-refractivity contribution in [2.24, 2.45) is 11.8 Å². The van der Waals surface area contributed by atoms with Gasteiger partial charge in [0.15, 0.2) is 11.6 Å². The van der Waals surface area contributed by atoms with Gasteiger partial charge in [-0.3, -0.25) is 4.79 Å². The largest absolute Gasteiger partial charge is 0.490 e. The van der Waals surface area contributed by atoms with Gasteiger partial charge in [0.25, 0.3) is 0 Å². The summed E-state index contributed by atoms with van der Waals surface area (Å²) in [6, 6.07) is 9.07. The van der Waals surface area contributed by atoms with Gasteiger partial charge in [0.2, 0.25) is 0 Å². The quantitative estimate of drug-likeness (QED) is 0.565. The molecule has 0 amide bonds. The summed E-state index contributed by atoms with van der Waals surface area (Å²) in [6.45, 7) is 5.51. The highest BCUT2D eigenvalue weighted by Gasteiger charge is 2.45. The zero-order chi connectivity index (χ0) is 22.4. The monoisotopic (exact) mass is 441 g/mol. The summed E-state index contributed by atoms with van der Waals surface area (Å²) in [5.74, 6) is -0.595. The van der Waals surface area contributed by atoms with Gasteiger partial charge in [0.05, 0.1) is 24.3 Å². The Bertz CT molecular complexity index is 1030. The molecule has 0 saturated heterocycles. The Balaban J connectivity index is 1.30. The van der Waals surface area contributed by atoms with Gasteiger partial charge in [-0.2, -0.15) is 0 Å². The third-order valence-electron chi connectivity index (χ3n) is 7.01. The number of nitrogens with zero attached hydrogens (tertiary/aromatic N) is 1. The van der Waals surface area contributed by atoms with E-state index in [0.717, 1.165) is 42.9 Å². The molecule has 32 heavy (non-hydrogen) atoms. The van der Waals surface area contributed by atoms with Crippen LogP contribution in [0.4, 0.5) is 14.5 Å². The SMILES string of the molecule is CCOC(=O)[C@H]1C[C@@H]1c1ccc2c(c1)CCN(c1cc(OC3CC(C)C3)cc(F)c1F)C2. The van der Waals surface area contributed by atoms with Crippen LogP contribution in [0.5, 0.6) is 5.75 Å². The Morgan fingerprint density at radius 3 is 2.69 bits per heavy atom. The van der Waals surface area contributed by atoms with Gasteiger partial charge in [-0.1, -0.05) is 25.1 Å². The summed E-state index contributed by atoms with van der Waals surface area (Å²) in [6.07, 6.45) is 3.56. The van der Waals surface area contributed by atoms with Crippen LogP contribution in [0, 0.1) is 23.5 Å². The minimum absolute atomic E-state index is 0.0356. The lowest BCUT2D eigenvalue weighted by Crippen LogP contribution is -2.33. The third-order valence-corrected chi connectivity index (χ3v) is 7.01. The fourth-order valence-corrected chi connectivity index (χ4v) is 5.05. The summed E-state index contributed by atoms with van der Waals surface area (Å²) in [5, 5.41) is 0. The topological polar surface area (TPSA) is 38.8 Å². The normalized spacial score (nSPS) is 26.2. The van der Waals surface area contributed by atoms with Crippen molar-refractivity contribution in [3.05, 3.63) is 58.7 Å². The number of benzene rings is 2. The average Bonchev–Trinajstić information content (AvgIpc) is 3.55. The number of hydrogen-bond donors (Lipinski definition) is 0. The van der Waals surface area contributed by atoms with E-state index >= 15 is 0 Å². The molecule has 0 spiro atoms. The van der Waals surface area contributed by atoms with Crippen molar-refractivity contribution in [1.82, 2.24) is 0 Å². The first-order chi connectivity index (χ1) is 15.4. The highest BCUT2D eigenvalue weighted by Crippen LogP contribution is 2.48. The van der Waals surface area contributed by atoms with Crippen molar-refractivity contribution in [3.63, 3.8) is 0 Å². The van der Waals surface area contributed by atoms with Crippen LogP contribution in [0.25, 0.3) is 0 Å². The zero-order valence-electron chi connectivity index (χ0n) is 18.6. The van der Waals surface area contributed by atoms with Crippen molar-refractivity contribution in [2.75, 3.05) is 18.1 Å². The fourth-order valence-electron chi connectivity index (χ4n) is 5.05. The second kappa shape index (κ2) is 8.38. The smallest absolute Gasteiger partial charge is 0.309 e. The first kappa shape index (κ1) is 21.2. The number of ether oxygens (including phenoxy) is 2. The van der Waals surface area contributed by atoms with E-state index in [4.69, 9.17) is 9.47 Å². The van der Waals surface area contributed by atoms with Crippen molar-refractivity contribution in [3.8, 4) is 5.75 Å². The Hall–Kier alpha value is -2.63. The number of hydrogen-bond acceptors (Lipinski definition) is 4. The Labute approximate surface area is 187 Å². The predicted molar refractivity (Wildman–Crippen MR) is 118 cm³/mol. The van der Waals surface area contributed by atoms with Crippen LogP contribution < -0.4 is 9.64 Å². The number of carbonyl (C=O) groups is 1. The Kier molecular flexibility index (Phi) is 5.56. The lowest BCUT2D eigenvalue weighted by molar-refractivity contribution is -0.144. The molecule has 2 aromatic carbocycles. The summed E-state index contributed by atoms with van der Waals surface area (Å²) in [4.78, 5) is 13.8.